The fourth-order valence-corrected chi connectivity index (χ4v) is 3.72. The van der Waals surface area contributed by atoms with Crippen LogP contribution in [0, 0.1) is 11.8 Å². The summed E-state index contributed by atoms with van der Waals surface area (Å²) >= 11 is 0. The lowest BCUT2D eigenvalue weighted by molar-refractivity contribution is -0.191. The van der Waals surface area contributed by atoms with E-state index in [1.807, 2.05) is 27.7 Å². The summed E-state index contributed by atoms with van der Waals surface area (Å²) in [6.07, 6.45) is -1.47. The maximum atomic E-state index is 12.7. The highest BCUT2D eigenvalue weighted by atomic mass is 16.6. The van der Waals surface area contributed by atoms with Crippen LogP contribution in [0.5, 0.6) is 5.75 Å². The van der Waals surface area contributed by atoms with Crippen LogP contribution in [0.3, 0.4) is 0 Å². The van der Waals surface area contributed by atoms with E-state index in [0.29, 0.717) is 16.7 Å². The topological polar surface area (TPSA) is 92.0 Å². The molecule has 0 bridgehead atoms. The first-order valence-electron chi connectivity index (χ1n) is 10.6. The number of esters is 2. The standard InChI is InChI=1S/C24H30O7/c1-13(2)11-18(26)29-22-20-16(9-7-15-8-10-17(25)28-21(15)20)31-24(5,6)23(22)30-19(27)12-14(3)4/h7-10,13-14,22-23H,11-12H2,1-6H3. The molecule has 168 valence electrons. The number of hydrogen-bond acceptors (Lipinski definition) is 7. The molecule has 3 rings (SSSR count). The first-order chi connectivity index (χ1) is 14.5. The molecule has 0 saturated carbocycles. The minimum atomic E-state index is -0.981. The Kier molecular flexibility index (Phi) is 6.43. The molecule has 0 N–H and O–H groups in total. The van der Waals surface area contributed by atoms with Crippen molar-refractivity contribution in [1.82, 2.24) is 0 Å². The van der Waals surface area contributed by atoms with Crippen LogP contribution in [-0.4, -0.2) is 23.6 Å². The normalized spacial score (nSPS) is 19.7. The first kappa shape index (κ1) is 22.8. The lowest BCUT2D eigenvalue weighted by Gasteiger charge is -2.43. The number of carbonyl (C=O) groups is 2. The van der Waals surface area contributed by atoms with Gasteiger partial charge in [-0.2, -0.15) is 0 Å². The Morgan fingerprint density at radius 1 is 0.968 bits per heavy atom. The number of hydrogen-bond donors (Lipinski definition) is 0. The molecule has 2 unspecified atom stereocenters. The summed E-state index contributed by atoms with van der Waals surface area (Å²) in [7, 11) is 0. The minimum absolute atomic E-state index is 0.0900. The van der Waals surface area contributed by atoms with Gasteiger partial charge in [0, 0.05) is 24.3 Å². The van der Waals surface area contributed by atoms with Gasteiger partial charge in [-0.15, -0.1) is 0 Å². The second kappa shape index (κ2) is 8.73. The van der Waals surface area contributed by atoms with Gasteiger partial charge in [-0.25, -0.2) is 4.79 Å². The zero-order chi connectivity index (χ0) is 22.9. The fraction of sp³-hybridized carbons (Fsp3) is 0.542. The Morgan fingerprint density at radius 2 is 1.55 bits per heavy atom. The van der Waals surface area contributed by atoms with Crippen LogP contribution in [0.1, 0.15) is 66.1 Å². The van der Waals surface area contributed by atoms with Gasteiger partial charge < -0.3 is 18.6 Å². The van der Waals surface area contributed by atoms with Gasteiger partial charge in [0.05, 0.1) is 5.56 Å². The average Bonchev–Trinajstić information content (AvgIpc) is 2.62. The third-order valence-corrected chi connectivity index (χ3v) is 5.07. The van der Waals surface area contributed by atoms with Gasteiger partial charge in [0.15, 0.2) is 12.2 Å². The monoisotopic (exact) mass is 430 g/mol. The molecular weight excluding hydrogens is 400 g/mol. The number of rotatable bonds is 6. The van der Waals surface area contributed by atoms with Crippen molar-refractivity contribution in [2.45, 2.75) is 72.2 Å². The van der Waals surface area contributed by atoms with Gasteiger partial charge >= 0.3 is 17.6 Å². The number of fused-ring (bicyclic) bond motifs is 3. The van der Waals surface area contributed by atoms with E-state index in [1.165, 1.54) is 6.07 Å². The average molecular weight is 430 g/mol. The Labute approximate surface area is 181 Å². The molecule has 1 aromatic carbocycles. The third kappa shape index (κ3) is 5.09. The van der Waals surface area contributed by atoms with Crippen molar-refractivity contribution in [2.24, 2.45) is 11.8 Å². The van der Waals surface area contributed by atoms with Crippen molar-refractivity contribution < 1.29 is 28.2 Å². The van der Waals surface area contributed by atoms with Crippen LogP contribution in [0.25, 0.3) is 11.0 Å². The predicted octanol–water partition coefficient (Wildman–Crippen LogP) is 4.55. The van der Waals surface area contributed by atoms with E-state index in [1.54, 1.807) is 32.0 Å². The molecule has 0 spiro atoms. The van der Waals surface area contributed by atoms with Crippen molar-refractivity contribution in [3.63, 3.8) is 0 Å². The van der Waals surface area contributed by atoms with Crippen LogP contribution in [0.2, 0.25) is 0 Å². The van der Waals surface area contributed by atoms with Gasteiger partial charge in [0.1, 0.15) is 16.9 Å². The van der Waals surface area contributed by atoms with Crippen molar-refractivity contribution in [2.75, 3.05) is 0 Å². The molecule has 0 amide bonds. The summed E-state index contributed by atoms with van der Waals surface area (Å²) < 4.78 is 23.3. The Balaban J connectivity index is 2.14. The Bertz CT molecular complexity index is 1030. The summed E-state index contributed by atoms with van der Waals surface area (Å²) in [6, 6.07) is 6.47. The lowest BCUT2D eigenvalue weighted by Crippen LogP contribution is -2.52. The van der Waals surface area contributed by atoms with Crippen molar-refractivity contribution in [1.29, 1.82) is 0 Å². The summed E-state index contributed by atoms with van der Waals surface area (Å²) in [6.45, 7) is 11.2. The number of ether oxygens (including phenoxy) is 3. The van der Waals surface area contributed by atoms with Gasteiger partial charge in [0.2, 0.25) is 0 Å². The van der Waals surface area contributed by atoms with Crippen molar-refractivity contribution in [3.8, 4) is 5.75 Å². The largest absolute Gasteiger partial charge is 0.483 e. The zero-order valence-electron chi connectivity index (χ0n) is 18.9. The Hall–Kier alpha value is -2.83. The molecule has 2 aromatic rings. The molecule has 0 fully saturated rings. The van der Waals surface area contributed by atoms with E-state index in [-0.39, 0.29) is 30.3 Å². The molecule has 1 aliphatic heterocycles. The Morgan fingerprint density at radius 3 is 2.16 bits per heavy atom. The van der Waals surface area contributed by atoms with Gasteiger partial charge in [-0.3, -0.25) is 9.59 Å². The zero-order valence-corrected chi connectivity index (χ0v) is 18.9. The smallest absolute Gasteiger partial charge is 0.336 e. The van der Waals surface area contributed by atoms with Gasteiger partial charge in [0.25, 0.3) is 0 Å². The third-order valence-electron chi connectivity index (χ3n) is 5.07. The molecule has 1 aromatic heterocycles. The maximum absolute atomic E-state index is 12.7. The SMILES string of the molecule is CC(C)CC(=O)OC1c2c(ccc3ccc(=O)oc23)OC(C)(C)C1OC(=O)CC(C)C. The molecular formula is C24H30O7. The van der Waals surface area contributed by atoms with E-state index in [0.717, 1.165) is 0 Å². The number of benzene rings is 1. The molecule has 0 saturated heterocycles. The molecule has 0 radical (unpaired) electrons. The lowest BCUT2D eigenvalue weighted by atomic mass is 9.87. The summed E-state index contributed by atoms with van der Waals surface area (Å²) in [5.41, 5.74) is -0.862. The quantitative estimate of drug-likeness (QED) is 0.490. The summed E-state index contributed by atoms with van der Waals surface area (Å²) in [4.78, 5) is 37.2. The highest BCUT2D eigenvalue weighted by Crippen LogP contribution is 2.46. The van der Waals surface area contributed by atoms with E-state index >= 15 is 0 Å². The number of carbonyl (C=O) groups excluding carboxylic acids is 2. The molecule has 7 heteroatoms. The van der Waals surface area contributed by atoms with Crippen LogP contribution in [-0.2, 0) is 19.1 Å². The van der Waals surface area contributed by atoms with Crippen LogP contribution in [0.4, 0.5) is 0 Å². The highest BCUT2D eigenvalue weighted by molar-refractivity contribution is 5.83. The van der Waals surface area contributed by atoms with Crippen molar-refractivity contribution >= 4 is 22.9 Å². The van der Waals surface area contributed by atoms with E-state index in [2.05, 4.69) is 0 Å². The van der Waals surface area contributed by atoms with Crippen molar-refractivity contribution in [3.05, 3.63) is 40.2 Å². The second-order valence-corrected chi connectivity index (χ2v) is 9.37. The molecule has 0 aliphatic carbocycles. The first-order valence-corrected chi connectivity index (χ1v) is 10.6. The molecule has 7 nitrogen and oxygen atoms in total. The predicted molar refractivity (Wildman–Crippen MR) is 115 cm³/mol. The highest BCUT2D eigenvalue weighted by Gasteiger charge is 2.50. The second-order valence-electron chi connectivity index (χ2n) is 9.37. The molecule has 1 aliphatic rings. The molecule has 2 atom stereocenters. The maximum Gasteiger partial charge on any atom is 0.336 e. The van der Waals surface area contributed by atoms with Gasteiger partial charge in [-0.1, -0.05) is 27.7 Å². The minimum Gasteiger partial charge on any atom is -0.483 e. The summed E-state index contributed by atoms with van der Waals surface area (Å²) in [5, 5.41) is 0.652. The molecule has 31 heavy (non-hydrogen) atoms. The van der Waals surface area contributed by atoms with Gasteiger partial charge in [-0.05, 0) is 43.9 Å². The fourth-order valence-electron chi connectivity index (χ4n) is 3.72. The van der Waals surface area contributed by atoms with E-state index in [9.17, 15) is 14.4 Å². The van der Waals surface area contributed by atoms with E-state index in [4.69, 9.17) is 18.6 Å². The van der Waals surface area contributed by atoms with Crippen LogP contribution in [0.15, 0.2) is 33.5 Å². The molecule has 2 heterocycles. The van der Waals surface area contributed by atoms with Crippen LogP contribution >= 0.6 is 0 Å². The van der Waals surface area contributed by atoms with Crippen LogP contribution < -0.4 is 10.4 Å². The summed E-state index contributed by atoms with van der Waals surface area (Å²) in [5.74, 6) is -0.221. The van der Waals surface area contributed by atoms with E-state index < -0.39 is 35.4 Å².